The molecule has 24 heavy (non-hydrogen) atoms. The first-order valence-electron chi connectivity index (χ1n) is 7.57. The van der Waals surface area contributed by atoms with Crippen molar-refractivity contribution in [3.05, 3.63) is 72.8 Å². The maximum absolute atomic E-state index is 10.1. The van der Waals surface area contributed by atoms with E-state index >= 15 is 0 Å². The second-order valence-electron chi connectivity index (χ2n) is 5.48. The van der Waals surface area contributed by atoms with Gasteiger partial charge in [0.15, 0.2) is 5.82 Å². The van der Waals surface area contributed by atoms with E-state index in [4.69, 9.17) is 0 Å². The Morgan fingerprint density at radius 1 is 0.708 bits per heavy atom. The Kier molecular flexibility index (Phi) is 3.35. The molecule has 116 valence electrons. The van der Waals surface area contributed by atoms with Crippen LogP contribution in [0.2, 0.25) is 0 Å². The van der Waals surface area contributed by atoms with Gasteiger partial charge >= 0.3 is 0 Å². The lowest BCUT2D eigenvalue weighted by molar-refractivity contribution is 0.475. The van der Waals surface area contributed by atoms with Crippen molar-refractivity contribution in [3.8, 4) is 34.1 Å². The molecule has 4 nitrogen and oxygen atoms in total. The Hall–Kier alpha value is -3.40. The van der Waals surface area contributed by atoms with Gasteiger partial charge in [0.05, 0.1) is 16.8 Å². The van der Waals surface area contributed by atoms with Gasteiger partial charge in [0, 0.05) is 10.9 Å². The molecule has 0 aliphatic heterocycles. The Labute approximate surface area is 138 Å². The van der Waals surface area contributed by atoms with Crippen LogP contribution >= 0.6 is 0 Å². The SMILES string of the molecule is Oc1ccc2nc(-c3ccccc3O)nc(-c3ccccc3)c2c1. The van der Waals surface area contributed by atoms with Crippen molar-refractivity contribution < 1.29 is 10.2 Å². The van der Waals surface area contributed by atoms with Crippen molar-refractivity contribution in [2.75, 3.05) is 0 Å². The number of aromatic nitrogens is 2. The van der Waals surface area contributed by atoms with E-state index in [-0.39, 0.29) is 11.5 Å². The summed E-state index contributed by atoms with van der Waals surface area (Å²) in [6, 6.07) is 21.7. The second-order valence-corrected chi connectivity index (χ2v) is 5.48. The third-order valence-corrected chi connectivity index (χ3v) is 3.87. The number of phenolic OH excluding ortho intramolecular Hbond substituents is 2. The van der Waals surface area contributed by atoms with E-state index in [0.29, 0.717) is 16.9 Å². The number of benzene rings is 3. The second kappa shape index (κ2) is 5.66. The molecule has 0 aliphatic carbocycles. The molecular weight excluding hydrogens is 300 g/mol. The number of phenols is 2. The Morgan fingerprint density at radius 3 is 2.25 bits per heavy atom. The smallest absolute Gasteiger partial charge is 0.164 e. The lowest BCUT2D eigenvalue weighted by Gasteiger charge is -2.10. The van der Waals surface area contributed by atoms with Crippen molar-refractivity contribution in [2.24, 2.45) is 0 Å². The van der Waals surface area contributed by atoms with Gasteiger partial charge in [-0.15, -0.1) is 0 Å². The lowest BCUT2D eigenvalue weighted by Crippen LogP contribution is -1.95. The Morgan fingerprint density at radius 2 is 1.46 bits per heavy atom. The normalized spacial score (nSPS) is 10.8. The summed E-state index contributed by atoms with van der Waals surface area (Å²) >= 11 is 0. The average molecular weight is 314 g/mol. The summed E-state index contributed by atoms with van der Waals surface area (Å²) in [6.07, 6.45) is 0. The summed E-state index contributed by atoms with van der Waals surface area (Å²) in [7, 11) is 0. The van der Waals surface area contributed by atoms with Crippen molar-refractivity contribution in [1.82, 2.24) is 9.97 Å². The van der Waals surface area contributed by atoms with Crippen molar-refractivity contribution >= 4 is 10.9 Å². The molecule has 0 atom stereocenters. The number of rotatable bonds is 2. The molecule has 4 aromatic rings. The van der Waals surface area contributed by atoms with Gasteiger partial charge in [-0.3, -0.25) is 0 Å². The monoisotopic (exact) mass is 314 g/mol. The molecule has 1 aromatic heterocycles. The van der Waals surface area contributed by atoms with Crippen molar-refractivity contribution in [1.29, 1.82) is 0 Å². The van der Waals surface area contributed by atoms with Gasteiger partial charge in [0.2, 0.25) is 0 Å². The maximum Gasteiger partial charge on any atom is 0.164 e. The van der Waals surface area contributed by atoms with Gasteiger partial charge in [-0.1, -0.05) is 42.5 Å². The van der Waals surface area contributed by atoms with Gasteiger partial charge in [-0.05, 0) is 30.3 Å². The molecule has 0 unspecified atom stereocenters. The molecule has 4 rings (SSSR count). The predicted molar refractivity (Wildman–Crippen MR) is 93.7 cm³/mol. The minimum absolute atomic E-state index is 0.134. The topological polar surface area (TPSA) is 66.2 Å². The van der Waals surface area contributed by atoms with E-state index in [9.17, 15) is 10.2 Å². The van der Waals surface area contributed by atoms with Crippen molar-refractivity contribution in [2.45, 2.75) is 0 Å². The highest BCUT2D eigenvalue weighted by molar-refractivity contribution is 5.94. The average Bonchev–Trinajstić information content (AvgIpc) is 2.62. The zero-order valence-electron chi connectivity index (χ0n) is 12.7. The van der Waals surface area contributed by atoms with E-state index in [0.717, 1.165) is 16.6 Å². The summed E-state index contributed by atoms with van der Waals surface area (Å²) in [5.41, 5.74) is 2.92. The van der Waals surface area contributed by atoms with Crippen LogP contribution < -0.4 is 0 Å². The van der Waals surface area contributed by atoms with E-state index in [2.05, 4.69) is 9.97 Å². The van der Waals surface area contributed by atoms with E-state index in [1.807, 2.05) is 36.4 Å². The number of fused-ring (bicyclic) bond motifs is 1. The zero-order chi connectivity index (χ0) is 16.5. The summed E-state index contributed by atoms with van der Waals surface area (Å²) in [4.78, 5) is 9.21. The first kappa shape index (κ1) is 14.2. The quantitative estimate of drug-likeness (QED) is 0.576. The molecule has 0 amide bonds. The summed E-state index contributed by atoms with van der Waals surface area (Å²) < 4.78 is 0. The predicted octanol–water partition coefficient (Wildman–Crippen LogP) is 4.38. The van der Waals surface area contributed by atoms with E-state index < -0.39 is 0 Å². The van der Waals surface area contributed by atoms with Crippen LogP contribution in [0.4, 0.5) is 0 Å². The summed E-state index contributed by atoms with van der Waals surface area (Å²) in [5, 5.41) is 20.7. The summed E-state index contributed by atoms with van der Waals surface area (Å²) in [5.74, 6) is 0.748. The maximum atomic E-state index is 10.1. The zero-order valence-corrected chi connectivity index (χ0v) is 12.7. The molecule has 4 heteroatoms. The highest BCUT2D eigenvalue weighted by atomic mass is 16.3. The fourth-order valence-electron chi connectivity index (χ4n) is 2.72. The molecule has 0 fully saturated rings. The third-order valence-electron chi connectivity index (χ3n) is 3.87. The molecule has 0 saturated carbocycles. The fraction of sp³-hybridized carbons (Fsp3) is 0. The minimum atomic E-state index is 0.134. The molecule has 0 aliphatic rings. The molecule has 2 N–H and O–H groups in total. The van der Waals surface area contributed by atoms with Crippen LogP contribution in [-0.2, 0) is 0 Å². The third kappa shape index (κ3) is 2.44. The highest BCUT2D eigenvalue weighted by Gasteiger charge is 2.13. The van der Waals surface area contributed by atoms with Crippen molar-refractivity contribution in [3.63, 3.8) is 0 Å². The standard InChI is InChI=1S/C20H14N2O2/c23-14-10-11-17-16(12-14)19(13-6-2-1-3-7-13)22-20(21-17)15-8-4-5-9-18(15)24/h1-12,23-24H. The molecule has 3 aromatic carbocycles. The number of para-hydroxylation sites is 1. The first-order chi connectivity index (χ1) is 11.7. The number of nitrogens with zero attached hydrogens (tertiary/aromatic N) is 2. The number of hydrogen-bond acceptors (Lipinski definition) is 4. The minimum Gasteiger partial charge on any atom is -0.508 e. The van der Waals surface area contributed by atoms with Crippen LogP contribution in [0.3, 0.4) is 0 Å². The van der Waals surface area contributed by atoms with Gasteiger partial charge in [0.1, 0.15) is 11.5 Å². The van der Waals surface area contributed by atoms with Gasteiger partial charge in [-0.25, -0.2) is 9.97 Å². The van der Waals surface area contributed by atoms with Crippen LogP contribution in [0.5, 0.6) is 11.5 Å². The molecule has 0 radical (unpaired) electrons. The lowest BCUT2D eigenvalue weighted by atomic mass is 10.1. The van der Waals surface area contributed by atoms with Crippen LogP contribution in [0.15, 0.2) is 72.8 Å². The number of hydrogen-bond donors (Lipinski definition) is 2. The number of aromatic hydroxyl groups is 2. The molecule has 0 spiro atoms. The van der Waals surface area contributed by atoms with Gasteiger partial charge in [0.25, 0.3) is 0 Å². The molecule has 0 saturated heterocycles. The summed E-state index contributed by atoms with van der Waals surface area (Å²) in [6.45, 7) is 0. The first-order valence-corrected chi connectivity index (χ1v) is 7.57. The van der Waals surface area contributed by atoms with Gasteiger partial charge in [-0.2, -0.15) is 0 Å². The molecule has 1 heterocycles. The van der Waals surface area contributed by atoms with E-state index in [1.54, 1.807) is 36.4 Å². The highest BCUT2D eigenvalue weighted by Crippen LogP contribution is 2.33. The molecule has 0 bridgehead atoms. The van der Waals surface area contributed by atoms with Crippen LogP contribution in [0.1, 0.15) is 0 Å². The largest absolute Gasteiger partial charge is 0.508 e. The van der Waals surface area contributed by atoms with Crippen LogP contribution in [-0.4, -0.2) is 20.2 Å². The van der Waals surface area contributed by atoms with E-state index in [1.165, 1.54) is 0 Å². The van der Waals surface area contributed by atoms with Crippen LogP contribution in [0, 0.1) is 0 Å². The Bertz CT molecular complexity index is 1030. The Balaban J connectivity index is 2.05. The fourth-order valence-corrected chi connectivity index (χ4v) is 2.72. The van der Waals surface area contributed by atoms with Crippen LogP contribution in [0.25, 0.3) is 33.5 Å². The van der Waals surface area contributed by atoms with Gasteiger partial charge < -0.3 is 10.2 Å². The molecular formula is C20H14N2O2.